The van der Waals surface area contributed by atoms with Gasteiger partial charge in [0.15, 0.2) is 0 Å². The Hall–Kier alpha value is -2.42. The molecular formula is C21H29ClN6O2. The lowest BCUT2D eigenvalue weighted by Crippen LogP contribution is -2.51. The Kier molecular flexibility index (Phi) is 8.24. The van der Waals surface area contributed by atoms with Gasteiger partial charge in [-0.05, 0) is 18.1 Å². The maximum Gasteiger partial charge on any atom is 0.239 e. The Bertz CT molecular complexity index is 848. The molecule has 2 amide bonds. The number of piperazine rings is 1. The minimum Gasteiger partial charge on any atom is -0.355 e. The largest absolute Gasteiger partial charge is 0.355 e. The van der Waals surface area contributed by atoms with Crippen LogP contribution in [-0.2, 0) is 16.1 Å². The first-order valence-electron chi connectivity index (χ1n) is 10.3. The molecule has 0 unspecified atom stereocenters. The number of rotatable bonds is 9. The van der Waals surface area contributed by atoms with Gasteiger partial charge >= 0.3 is 0 Å². The summed E-state index contributed by atoms with van der Waals surface area (Å²) in [6, 6.07) is 9.37. The fourth-order valence-electron chi connectivity index (χ4n) is 3.37. The Morgan fingerprint density at radius 2 is 1.70 bits per heavy atom. The van der Waals surface area contributed by atoms with E-state index in [4.69, 9.17) is 11.6 Å². The van der Waals surface area contributed by atoms with Crippen molar-refractivity contribution in [2.45, 2.75) is 19.9 Å². The van der Waals surface area contributed by atoms with Gasteiger partial charge in [-0.15, -0.1) is 0 Å². The number of carbonyl (C=O) groups is 2. The highest BCUT2D eigenvalue weighted by atomic mass is 35.5. The second kappa shape index (κ2) is 11.1. The van der Waals surface area contributed by atoms with Crippen LogP contribution < -0.4 is 10.6 Å². The predicted octanol–water partition coefficient (Wildman–Crippen LogP) is 1.67. The number of carbonyl (C=O) groups excluding carboxylic acids is 2. The molecule has 1 saturated heterocycles. The summed E-state index contributed by atoms with van der Waals surface area (Å²) in [4.78, 5) is 28.6. The zero-order valence-electron chi connectivity index (χ0n) is 17.3. The van der Waals surface area contributed by atoms with Crippen LogP contribution >= 0.6 is 11.6 Å². The summed E-state index contributed by atoms with van der Waals surface area (Å²) >= 11 is 6.23. The van der Waals surface area contributed by atoms with E-state index in [1.165, 1.54) is 0 Å². The molecule has 1 aliphatic heterocycles. The van der Waals surface area contributed by atoms with E-state index in [-0.39, 0.29) is 11.8 Å². The van der Waals surface area contributed by atoms with Gasteiger partial charge in [0.25, 0.3) is 0 Å². The Balaban J connectivity index is 1.44. The number of benzene rings is 1. The number of halogens is 1. The van der Waals surface area contributed by atoms with Gasteiger partial charge in [-0.2, -0.15) is 5.10 Å². The zero-order valence-corrected chi connectivity index (χ0v) is 18.1. The first-order valence-corrected chi connectivity index (χ1v) is 10.7. The summed E-state index contributed by atoms with van der Waals surface area (Å²) in [5, 5.41) is 10.8. The van der Waals surface area contributed by atoms with Crippen molar-refractivity contribution < 1.29 is 9.59 Å². The van der Waals surface area contributed by atoms with Crippen molar-refractivity contribution in [2.24, 2.45) is 0 Å². The van der Waals surface area contributed by atoms with E-state index in [2.05, 4.69) is 25.5 Å². The fraction of sp³-hybridized carbons (Fsp3) is 0.476. The molecule has 0 radical (unpaired) electrons. The summed E-state index contributed by atoms with van der Waals surface area (Å²) in [6.07, 6.45) is 2.60. The van der Waals surface area contributed by atoms with Crippen molar-refractivity contribution in [1.29, 1.82) is 0 Å². The molecule has 2 aromatic rings. The quantitative estimate of drug-likeness (QED) is 0.629. The Morgan fingerprint density at radius 3 is 2.37 bits per heavy atom. The normalized spacial score (nSPS) is 15.1. The number of hydrogen-bond acceptors (Lipinski definition) is 5. The first kappa shape index (κ1) is 22.3. The molecule has 0 bridgehead atoms. The molecule has 0 saturated carbocycles. The van der Waals surface area contributed by atoms with E-state index in [1.807, 2.05) is 31.2 Å². The molecule has 2 N–H and O–H groups in total. The van der Waals surface area contributed by atoms with Crippen LogP contribution in [0.2, 0.25) is 5.02 Å². The van der Waals surface area contributed by atoms with E-state index in [9.17, 15) is 9.59 Å². The van der Waals surface area contributed by atoms with Crippen molar-refractivity contribution >= 4 is 29.2 Å². The van der Waals surface area contributed by atoms with E-state index in [0.29, 0.717) is 37.0 Å². The summed E-state index contributed by atoms with van der Waals surface area (Å²) in [5.74, 6) is 0.631. The second-order valence-electron chi connectivity index (χ2n) is 7.42. The van der Waals surface area contributed by atoms with Gasteiger partial charge in [0.2, 0.25) is 11.8 Å². The van der Waals surface area contributed by atoms with Crippen molar-refractivity contribution in [3.8, 4) is 0 Å². The van der Waals surface area contributed by atoms with Gasteiger partial charge in [0.1, 0.15) is 5.82 Å². The molecule has 30 heavy (non-hydrogen) atoms. The van der Waals surface area contributed by atoms with Crippen molar-refractivity contribution in [3.63, 3.8) is 0 Å². The molecule has 0 aliphatic carbocycles. The number of hydrogen-bond donors (Lipinski definition) is 2. The van der Waals surface area contributed by atoms with Crippen LogP contribution in [0.3, 0.4) is 0 Å². The van der Waals surface area contributed by atoms with Crippen LogP contribution in [0.15, 0.2) is 36.5 Å². The third-order valence-corrected chi connectivity index (χ3v) is 5.40. The number of nitrogens with zero attached hydrogens (tertiary/aromatic N) is 4. The number of aromatic nitrogens is 2. The van der Waals surface area contributed by atoms with Gasteiger partial charge in [-0.25, -0.2) is 4.68 Å². The first-order chi connectivity index (χ1) is 14.5. The standard InChI is InChI=1S/C21H29ClN6O2/c1-2-8-23-20(29)15-26-10-12-27(13-11-26)16-21(30)25-19-7-9-24-28(19)14-17-5-3-4-6-18(17)22/h3-7,9H,2,8,10-16H2,1H3,(H,23,29)(H,25,30). The molecule has 1 fully saturated rings. The van der Waals surface area contributed by atoms with Gasteiger partial charge in [0.05, 0.1) is 25.8 Å². The Labute approximate surface area is 182 Å². The minimum atomic E-state index is -0.0787. The predicted molar refractivity (Wildman–Crippen MR) is 118 cm³/mol. The Morgan fingerprint density at radius 1 is 1.03 bits per heavy atom. The van der Waals surface area contributed by atoms with Crippen LogP contribution in [0.4, 0.5) is 5.82 Å². The third-order valence-electron chi connectivity index (χ3n) is 5.03. The SMILES string of the molecule is CCCNC(=O)CN1CCN(CC(=O)Nc2ccnn2Cc2ccccc2Cl)CC1. The van der Waals surface area contributed by atoms with Crippen LogP contribution in [0.1, 0.15) is 18.9 Å². The third kappa shape index (κ3) is 6.55. The fourth-order valence-corrected chi connectivity index (χ4v) is 3.56. The maximum absolute atomic E-state index is 12.5. The average Bonchev–Trinajstić information content (AvgIpc) is 3.16. The smallest absolute Gasteiger partial charge is 0.239 e. The zero-order chi connectivity index (χ0) is 21.3. The summed E-state index contributed by atoms with van der Waals surface area (Å²) < 4.78 is 1.73. The van der Waals surface area contributed by atoms with Crippen LogP contribution in [0, 0.1) is 0 Å². The number of nitrogens with one attached hydrogen (secondary N) is 2. The lowest BCUT2D eigenvalue weighted by molar-refractivity contribution is -0.123. The highest BCUT2D eigenvalue weighted by Gasteiger charge is 2.21. The van der Waals surface area contributed by atoms with Gasteiger partial charge in [-0.3, -0.25) is 19.4 Å². The highest BCUT2D eigenvalue weighted by Crippen LogP contribution is 2.18. The molecular weight excluding hydrogens is 404 g/mol. The van der Waals surface area contributed by atoms with E-state index in [1.54, 1.807) is 16.9 Å². The monoisotopic (exact) mass is 432 g/mol. The molecule has 0 spiro atoms. The summed E-state index contributed by atoms with van der Waals surface area (Å²) in [7, 11) is 0. The van der Waals surface area contributed by atoms with Crippen LogP contribution in [0.5, 0.6) is 0 Å². The molecule has 8 nitrogen and oxygen atoms in total. The van der Waals surface area contributed by atoms with Gasteiger partial charge in [-0.1, -0.05) is 36.7 Å². The molecule has 0 atom stereocenters. The highest BCUT2D eigenvalue weighted by molar-refractivity contribution is 6.31. The second-order valence-corrected chi connectivity index (χ2v) is 7.82. The minimum absolute atomic E-state index is 0.0647. The molecule has 9 heteroatoms. The molecule has 162 valence electrons. The molecule has 1 aromatic heterocycles. The lowest BCUT2D eigenvalue weighted by atomic mass is 10.2. The van der Waals surface area contributed by atoms with Crippen LogP contribution in [-0.4, -0.2) is 77.2 Å². The van der Waals surface area contributed by atoms with Crippen LogP contribution in [0.25, 0.3) is 0 Å². The molecule has 3 rings (SSSR count). The van der Waals surface area contributed by atoms with Gasteiger partial charge < -0.3 is 10.6 Å². The van der Waals surface area contributed by atoms with Gasteiger partial charge in [0, 0.05) is 43.8 Å². The van der Waals surface area contributed by atoms with E-state index in [0.717, 1.165) is 38.2 Å². The average molecular weight is 433 g/mol. The molecule has 2 heterocycles. The summed E-state index contributed by atoms with van der Waals surface area (Å²) in [5.41, 5.74) is 0.942. The summed E-state index contributed by atoms with van der Waals surface area (Å²) in [6.45, 7) is 7.03. The van der Waals surface area contributed by atoms with Crippen molar-refractivity contribution in [3.05, 3.63) is 47.1 Å². The van der Waals surface area contributed by atoms with E-state index >= 15 is 0 Å². The molecule has 1 aromatic carbocycles. The molecule has 1 aliphatic rings. The lowest BCUT2D eigenvalue weighted by Gasteiger charge is -2.33. The van der Waals surface area contributed by atoms with Crippen molar-refractivity contribution in [2.75, 3.05) is 51.1 Å². The maximum atomic E-state index is 12.5. The number of anilines is 1. The topological polar surface area (TPSA) is 82.5 Å². The van der Waals surface area contributed by atoms with E-state index < -0.39 is 0 Å². The van der Waals surface area contributed by atoms with Crippen molar-refractivity contribution in [1.82, 2.24) is 24.9 Å². The number of amides is 2.